The number of fused-ring (bicyclic) bond motifs is 1. The molecule has 0 aliphatic carbocycles. The van der Waals surface area contributed by atoms with Gasteiger partial charge in [0.25, 0.3) is 0 Å². The van der Waals surface area contributed by atoms with E-state index in [1.165, 1.54) is 24.1 Å². The van der Waals surface area contributed by atoms with Gasteiger partial charge in [-0.3, -0.25) is 4.98 Å². The largest absolute Gasteiger partial charge is 0.350 e. The summed E-state index contributed by atoms with van der Waals surface area (Å²) in [4.78, 5) is 5.34. The Balaban J connectivity index is 1.58. The molecule has 4 nitrogen and oxygen atoms in total. The maximum absolute atomic E-state index is 13.7. The number of pyridine rings is 1. The molecule has 0 fully saturated rings. The molecular formula is C20H16F2N4S. The molecule has 2 heterocycles. The summed E-state index contributed by atoms with van der Waals surface area (Å²) < 4.78 is 31.7. The molecule has 1 aromatic heterocycles. The number of benzene rings is 2. The van der Waals surface area contributed by atoms with Gasteiger partial charge in [0.1, 0.15) is 11.6 Å². The summed E-state index contributed by atoms with van der Waals surface area (Å²) in [5, 5.41) is 6.45. The highest BCUT2D eigenvalue weighted by molar-refractivity contribution is 7.98. The fraction of sp³-hybridized carbons (Fsp3) is 0.100. The van der Waals surface area contributed by atoms with Gasteiger partial charge in [-0.15, -0.1) is 0 Å². The van der Waals surface area contributed by atoms with E-state index < -0.39 is 11.6 Å². The molecule has 2 aromatic carbocycles. The van der Waals surface area contributed by atoms with Crippen molar-refractivity contribution in [3.8, 4) is 11.1 Å². The number of guanidine groups is 1. The number of halogens is 2. The lowest BCUT2D eigenvalue weighted by atomic mass is 10.0. The van der Waals surface area contributed by atoms with E-state index in [0.717, 1.165) is 28.0 Å². The zero-order valence-corrected chi connectivity index (χ0v) is 15.3. The van der Waals surface area contributed by atoms with E-state index in [2.05, 4.69) is 20.0 Å². The van der Waals surface area contributed by atoms with Gasteiger partial charge in [0, 0.05) is 29.3 Å². The van der Waals surface area contributed by atoms with Crippen LogP contribution >= 0.6 is 11.9 Å². The topological polar surface area (TPSA) is 49.3 Å². The highest BCUT2D eigenvalue weighted by Gasteiger charge is 2.18. The van der Waals surface area contributed by atoms with Crippen LogP contribution in [-0.2, 0) is 6.54 Å². The number of para-hydroxylation sites is 1. The van der Waals surface area contributed by atoms with Crippen molar-refractivity contribution in [3.63, 3.8) is 0 Å². The van der Waals surface area contributed by atoms with Crippen molar-refractivity contribution in [2.24, 2.45) is 4.40 Å². The number of anilines is 1. The van der Waals surface area contributed by atoms with Crippen LogP contribution in [0.1, 0.15) is 11.4 Å². The Hall–Kier alpha value is -2.93. The van der Waals surface area contributed by atoms with Gasteiger partial charge < -0.3 is 10.6 Å². The maximum atomic E-state index is 13.7. The van der Waals surface area contributed by atoms with E-state index in [4.69, 9.17) is 0 Å². The Morgan fingerprint density at radius 3 is 2.59 bits per heavy atom. The zero-order chi connectivity index (χ0) is 18.8. The lowest BCUT2D eigenvalue weighted by molar-refractivity contribution is 0.584. The average molecular weight is 382 g/mol. The molecule has 7 heteroatoms. The van der Waals surface area contributed by atoms with Crippen LogP contribution in [0, 0.1) is 18.6 Å². The molecular weight excluding hydrogens is 366 g/mol. The summed E-state index contributed by atoms with van der Waals surface area (Å²) in [6, 6.07) is 14.9. The third-order valence-corrected chi connectivity index (χ3v) is 4.87. The van der Waals surface area contributed by atoms with Gasteiger partial charge in [-0.1, -0.05) is 18.2 Å². The number of hydrogen-bond donors (Lipinski definition) is 2. The SMILES string of the molecule is Cc1cccc(CNC2=NSc3cccc(-c4cc(F)cc(F)c4)c3N2)n1. The number of aryl methyl sites for hydroxylation is 1. The molecule has 1 aliphatic rings. The summed E-state index contributed by atoms with van der Waals surface area (Å²) in [5.74, 6) is -0.646. The molecule has 0 saturated carbocycles. The van der Waals surface area contributed by atoms with Crippen LogP contribution in [0.2, 0.25) is 0 Å². The Morgan fingerprint density at radius 2 is 1.81 bits per heavy atom. The number of nitrogens with zero attached hydrogens (tertiary/aromatic N) is 2. The summed E-state index contributed by atoms with van der Waals surface area (Å²) >= 11 is 1.31. The molecule has 0 saturated heterocycles. The van der Waals surface area contributed by atoms with E-state index in [0.29, 0.717) is 23.6 Å². The molecule has 1 aliphatic heterocycles. The van der Waals surface area contributed by atoms with Gasteiger partial charge in [-0.25, -0.2) is 8.78 Å². The van der Waals surface area contributed by atoms with Crippen molar-refractivity contribution in [2.45, 2.75) is 18.4 Å². The van der Waals surface area contributed by atoms with E-state index >= 15 is 0 Å². The van der Waals surface area contributed by atoms with Crippen molar-refractivity contribution in [1.82, 2.24) is 10.3 Å². The first-order chi connectivity index (χ1) is 13.1. The number of hydrogen-bond acceptors (Lipinski definition) is 5. The van der Waals surface area contributed by atoms with E-state index in [-0.39, 0.29) is 0 Å². The summed E-state index contributed by atoms with van der Waals surface area (Å²) in [7, 11) is 0. The van der Waals surface area contributed by atoms with Crippen molar-refractivity contribution < 1.29 is 8.78 Å². The molecule has 0 radical (unpaired) electrons. The minimum absolute atomic E-state index is 0.471. The predicted octanol–water partition coefficient (Wildman–Crippen LogP) is 4.91. The minimum Gasteiger partial charge on any atom is -0.350 e. The molecule has 27 heavy (non-hydrogen) atoms. The Bertz CT molecular complexity index is 1020. The van der Waals surface area contributed by atoms with Gasteiger partial charge in [-0.05, 0) is 42.8 Å². The maximum Gasteiger partial charge on any atom is 0.208 e. The Labute approximate surface area is 159 Å². The van der Waals surface area contributed by atoms with Gasteiger partial charge >= 0.3 is 0 Å². The second kappa shape index (κ2) is 7.36. The van der Waals surface area contributed by atoms with Crippen LogP contribution < -0.4 is 10.6 Å². The van der Waals surface area contributed by atoms with Crippen molar-refractivity contribution >= 4 is 23.6 Å². The second-order valence-corrected chi connectivity index (χ2v) is 6.92. The first-order valence-corrected chi connectivity index (χ1v) is 9.14. The quantitative estimate of drug-likeness (QED) is 0.632. The summed E-state index contributed by atoms with van der Waals surface area (Å²) in [6.45, 7) is 2.45. The molecule has 0 spiro atoms. The third-order valence-electron chi connectivity index (χ3n) is 4.06. The van der Waals surface area contributed by atoms with Crippen LogP contribution in [0.4, 0.5) is 14.5 Å². The molecule has 0 amide bonds. The smallest absolute Gasteiger partial charge is 0.208 e. The molecule has 0 unspecified atom stereocenters. The lowest BCUT2D eigenvalue weighted by Crippen LogP contribution is -2.31. The average Bonchev–Trinajstić information content (AvgIpc) is 2.65. The van der Waals surface area contributed by atoms with E-state index in [1.807, 2.05) is 43.3 Å². The molecule has 0 bridgehead atoms. The Kier molecular flexibility index (Phi) is 4.77. The number of aromatic nitrogens is 1. The van der Waals surface area contributed by atoms with Crippen LogP contribution in [0.5, 0.6) is 0 Å². The predicted molar refractivity (Wildman–Crippen MR) is 105 cm³/mol. The molecule has 3 aromatic rings. The van der Waals surface area contributed by atoms with E-state index in [1.54, 1.807) is 0 Å². The van der Waals surface area contributed by atoms with Gasteiger partial charge in [-0.2, -0.15) is 4.40 Å². The lowest BCUT2D eigenvalue weighted by Gasteiger charge is -2.21. The summed E-state index contributed by atoms with van der Waals surface area (Å²) in [5.41, 5.74) is 3.79. The van der Waals surface area contributed by atoms with Crippen LogP contribution in [0.3, 0.4) is 0 Å². The molecule has 136 valence electrons. The molecule has 0 atom stereocenters. The zero-order valence-electron chi connectivity index (χ0n) is 14.5. The first kappa shape index (κ1) is 17.5. The fourth-order valence-electron chi connectivity index (χ4n) is 2.87. The first-order valence-electron chi connectivity index (χ1n) is 8.36. The van der Waals surface area contributed by atoms with Crippen LogP contribution in [0.25, 0.3) is 11.1 Å². The van der Waals surface area contributed by atoms with Crippen molar-refractivity contribution in [1.29, 1.82) is 0 Å². The minimum atomic E-state index is -0.608. The molecule has 2 N–H and O–H groups in total. The fourth-order valence-corrected chi connectivity index (χ4v) is 3.56. The Morgan fingerprint density at radius 1 is 1.04 bits per heavy atom. The van der Waals surface area contributed by atoms with Crippen LogP contribution in [0.15, 0.2) is 63.9 Å². The van der Waals surface area contributed by atoms with Crippen LogP contribution in [-0.4, -0.2) is 10.9 Å². The van der Waals surface area contributed by atoms with Crippen molar-refractivity contribution in [2.75, 3.05) is 5.32 Å². The van der Waals surface area contributed by atoms with E-state index in [9.17, 15) is 8.78 Å². The van der Waals surface area contributed by atoms with Gasteiger partial charge in [0.2, 0.25) is 5.96 Å². The third kappa shape index (κ3) is 3.93. The number of rotatable bonds is 3. The number of nitrogens with one attached hydrogen (secondary N) is 2. The highest BCUT2D eigenvalue weighted by Crippen LogP contribution is 2.39. The standard InChI is InChI=1S/C20H16F2N4S/c1-12-4-2-5-16(24-12)11-23-20-25-19-17(6-3-7-18(19)27-26-20)13-8-14(21)10-15(22)9-13/h2-10H,11H2,1H3,(H2,23,25,26). The normalized spacial score (nSPS) is 12.8. The molecule has 4 rings (SSSR count). The monoisotopic (exact) mass is 382 g/mol. The van der Waals surface area contributed by atoms with Gasteiger partial charge in [0.05, 0.1) is 22.8 Å². The van der Waals surface area contributed by atoms with Crippen molar-refractivity contribution in [3.05, 3.63) is 77.6 Å². The van der Waals surface area contributed by atoms with Gasteiger partial charge in [0.15, 0.2) is 0 Å². The highest BCUT2D eigenvalue weighted by atomic mass is 32.2. The summed E-state index contributed by atoms with van der Waals surface area (Å²) in [6.07, 6.45) is 0. The second-order valence-electron chi connectivity index (χ2n) is 6.12.